The molecule has 0 bridgehead atoms. The minimum Gasteiger partial charge on any atom is -0.487 e. The maximum Gasteiger partial charge on any atom is 0.126 e. The summed E-state index contributed by atoms with van der Waals surface area (Å²) in [5.41, 5.74) is 0.649. The minimum atomic E-state index is -0.427. The molecule has 2 unspecified atom stereocenters. The van der Waals surface area contributed by atoms with Crippen LogP contribution in [-0.2, 0) is 0 Å². The molecule has 1 aromatic carbocycles. The normalized spacial score (nSPS) is 26.9. The standard InChI is InChI=1S/C15H21BrO2/c1-10(2)6-7-15(3)9-13(17)12-8-11(16)4-5-14(12)18-15/h4-5,8,10,13,17H,6-7,9H2,1-3H3. The molecule has 1 aliphatic rings. The molecule has 1 heterocycles. The number of fused-ring (bicyclic) bond motifs is 1. The van der Waals surface area contributed by atoms with E-state index in [0.29, 0.717) is 12.3 Å². The SMILES string of the molecule is CC(C)CCC1(C)CC(O)c2cc(Br)ccc2O1. The third kappa shape index (κ3) is 3.07. The highest BCUT2D eigenvalue weighted by Gasteiger charge is 2.36. The molecule has 0 saturated heterocycles. The van der Waals surface area contributed by atoms with E-state index in [2.05, 4.69) is 36.7 Å². The quantitative estimate of drug-likeness (QED) is 0.893. The summed E-state index contributed by atoms with van der Waals surface area (Å²) in [6.07, 6.45) is 2.35. The first-order valence-corrected chi connectivity index (χ1v) is 7.35. The van der Waals surface area contributed by atoms with Crippen molar-refractivity contribution in [1.29, 1.82) is 0 Å². The molecule has 0 saturated carbocycles. The topological polar surface area (TPSA) is 29.5 Å². The highest BCUT2D eigenvalue weighted by molar-refractivity contribution is 9.10. The number of ether oxygens (including phenoxy) is 1. The largest absolute Gasteiger partial charge is 0.487 e. The third-order valence-corrected chi connectivity index (χ3v) is 4.06. The molecule has 2 atom stereocenters. The van der Waals surface area contributed by atoms with E-state index in [1.54, 1.807) is 0 Å². The van der Waals surface area contributed by atoms with Crippen LogP contribution in [-0.4, -0.2) is 10.7 Å². The summed E-state index contributed by atoms with van der Waals surface area (Å²) in [4.78, 5) is 0. The second-order valence-electron chi connectivity index (χ2n) is 5.89. The predicted octanol–water partition coefficient (Wildman–Crippen LogP) is 4.46. The van der Waals surface area contributed by atoms with Crippen LogP contribution in [0.3, 0.4) is 0 Å². The Hall–Kier alpha value is -0.540. The molecule has 1 aliphatic heterocycles. The van der Waals surface area contributed by atoms with Gasteiger partial charge in [-0.3, -0.25) is 0 Å². The van der Waals surface area contributed by atoms with Crippen LogP contribution in [0.2, 0.25) is 0 Å². The van der Waals surface area contributed by atoms with Crippen molar-refractivity contribution in [2.75, 3.05) is 0 Å². The molecule has 0 aliphatic carbocycles. The zero-order chi connectivity index (χ0) is 13.3. The van der Waals surface area contributed by atoms with Gasteiger partial charge in [0.25, 0.3) is 0 Å². The van der Waals surface area contributed by atoms with Crippen molar-refractivity contribution in [2.45, 2.75) is 51.7 Å². The van der Waals surface area contributed by atoms with Gasteiger partial charge in [-0.05, 0) is 43.9 Å². The van der Waals surface area contributed by atoms with E-state index in [1.165, 1.54) is 0 Å². The Morgan fingerprint density at radius 3 is 2.89 bits per heavy atom. The van der Waals surface area contributed by atoms with Gasteiger partial charge >= 0.3 is 0 Å². The summed E-state index contributed by atoms with van der Waals surface area (Å²) >= 11 is 3.43. The number of halogens is 1. The van der Waals surface area contributed by atoms with Crippen molar-refractivity contribution in [3.05, 3.63) is 28.2 Å². The minimum absolute atomic E-state index is 0.246. The van der Waals surface area contributed by atoms with Gasteiger partial charge in [0.15, 0.2) is 0 Å². The maximum atomic E-state index is 10.3. The van der Waals surface area contributed by atoms with Gasteiger partial charge in [0.05, 0.1) is 6.10 Å². The van der Waals surface area contributed by atoms with Gasteiger partial charge in [-0.2, -0.15) is 0 Å². The predicted molar refractivity (Wildman–Crippen MR) is 76.8 cm³/mol. The molecule has 0 amide bonds. The van der Waals surface area contributed by atoms with Crippen LogP contribution in [0.4, 0.5) is 0 Å². The van der Waals surface area contributed by atoms with Crippen LogP contribution in [0.5, 0.6) is 5.75 Å². The number of benzene rings is 1. The monoisotopic (exact) mass is 312 g/mol. The number of aliphatic hydroxyl groups excluding tert-OH is 1. The molecule has 0 radical (unpaired) electrons. The van der Waals surface area contributed by atoms with Gasteiger partial charge in [-0.25, -0.2) is 0 Å². The van der Waals surface area contributed by atoms with Crippen molar-refractivity contribution in [2.24, 2.45) is 5.92 Å². The molecule has 18 heavy (non-hydrogen) atoms. The summed E-state index contributed by atoms with van der Waals surface area (Å²) in [5.74, 6) is 1.48. The van der Waals surface area contributed by atoms with Crippen molar-refractivity contribution in [3.8, 4) is 5.75 Å². The first kappa shape index (κ1) is 13.9. The van der Waals surface area contributed by atoms with Crippen LogP contribution in [0.25, 0.3) is 0 Å². The van der Waals surface area contributed by atoms with E-state index < -0.39 is 6.10 Å². The molecule has 3 heteroatoms. The number of aliphatic hydroxyl groups is 1. The van der Waals surface area contributed by atoms with Crippen LogP contribution in [0.15, 0.2) is 22.7 Å². The smallest absolute Gasteiger partial charge is 0.126 e. The van der Waals surface area contributed by atoms with Gasteiger partial charge < -0.3 is 9.84 Å². The van der Waals surface area contributed by atoms with E-state index in [-0.39, 0.29) is 5.60 Å². The second kappa shape index (κ2) is 5.22. The van der Waals surface area contributed by atoms with E-state index in [0.717, 1.165) is 28.6 Å². The molecule has 1 aromatic rings. The summed E-state index contributed by atoms with van der Waals surface area (Å²) < 4.78 is 7.10. The van der Waals surface area contributed by atoms with Gasteiger partial charge in [-0.15, -0.1) is 0 Å². The lowest BCUT2D eigenvalue weighted by molar-refractivity contribution is -0.0101. The Morgan fingerprint density at radius 2 is 2.22 bits per heavy atom. The number of hydrogen-bond donors (Lipinski definition) is 1. The number of hydrogen-bond acceptors (Lipinski definition) is 2. The van der Waals surface area contributed by atoms with Crippen LogP contribution in [0.1, 0.15) is 51.7 Å². The Labute approximate surface area is 117 Å². The molecular weight excluding hydrogens is 292 g/mol. The van der Waals surface area contributed by atoms with Crippen molar-refractivity contribution < 1.29 is 9.84 Å². The lowest BCUT2D eigenvalue weighted by Crippen LogP contribution is -2.38. The number of rotatable bonds is 3. The van der Waals surface area contributed by atoms with Gasteiger partial charge in [0.2, 0.25) is 0 Å². The average Bonchev–Trinajstić information content (AvgIpc) is 2.28. The van der Waals surface area contributed by atoms with E-state index in [4.69, 9.17) is 4.74 Å². The van der Waals surface area contributed by atoms with Crippen LogP contribution >= 0.6 is 15.9 Å². The lowest BCUT2D eigenvalue weighted by atomic mass is 9.85. The van der Waals surface area contributed by atoms with E-state index in [1.807, 2.05) is 18.2 Å². The molecule has 0 fully saturated rings. The zero-order valence-corrected chi connectivity index (χ0v) is 12.8. The second-order valence-corrected chi connectivity index (χ2v) is 6.80. The fourth-order valence-electron chi connectivity index (χ4n) is 2.45. The molecule has 100 valence electrons. The Morgan fingerprint density at radius 1 is 1.50 bits per heavy atom. The molecule has 0 spiro atoms. The van der Waals surface area contributed by atoms with E-state index in [9.17, 15) is 5.11 Å². The summed E-state index contributed by atoms with van der Waals surface area (Å²) in [6, 6.07) is 5.84. The highest BCUT2D eigenvalue weighted by atomic mass is 79.9. The Balaban J connectivity index is 2.19. The summed E-state index contributed by atoms with van der Waals surface area (Å²) in [7, 11) is 0. The maximum absolute atomic E-state index is 10.3. The zero-order valence-electron chi connectivity index (χ0n) is 11.2. The Kier molecular flexibility index (Phi) is 4.02. The van der Waals surface area contributed by atoms with Gasteiger partial charge in [0.1, 0.15) is 11.4 Å². The summed E-state index contributed by atoms with van der Waals surface area (Å²) in [5, 5.41) is 10.3. The Bertz CT molecular complexity index is 431. The average molecular weight is 313 g/mol. The fourth-order valence-corrected chi connectivity index (χ4v) is 2.82. The third-order valence-electron chi connectivity index (χ3n) is 3.56. The van der Waals surface area contributed by atoms with E-state index >= 15 is 0 Å². The molecular formula is C15H21BrO2. The van der Waals surface area contributed by atoms with Crippen molar-refractivity contribution in [1.82, 2.24) is 0 Å². The molecule has 0 aromatic heterocycles. The van der Waals surface area contributed by atoms with Crippen molar-refractivity contribution >= 4 is 15.9 Å². The van der Waals surface area contributed by atoms with Crippen molar-refractivity contribution in [3.63, 3.8) is 0 Å². The first-order chi connectivity index (χ1) is 8.39. The summed E-state index contributed by atoms with van der Waals surface area (Å²) in [6.45, 7) is 6.53. The lowest BCUT2D eigenvalue weighted by Gasteiger charge is -2.38. The molecule has 2 nitrogen and oxygen atoms in total. The van der Waals surface area contributed by atoms with Crippen LogP contribution < -0.4 is 4.74 Å². The van der Waals surface area contributed by atoms with Crippen LogP contribution in [0, 0.1) is 5.92 Å². The molecule has 2 rings (SSSR count). The fraction of sp³-hybridized carbons (Fsp3) is 0.600. The van der Waals surface area contributed by atoms with Gasteiger partial charge in [-0.1, -0.05) is 29.8 Å². The molecule has 1 N–H and O–H groups in total. The van der Waals surface area contributed by atoms with Gasteiger partial charge in [0, 0.05) is 16.5 Å². The highest BCUT2D eigenvalue weighted by Crippen LogP contribution is 2.42. The first-order valence-electron chi connectivity index (χ1n) is 6.56.